The van der Waals surface area contributed by atoms with E-state index in [0.29, 0.717) is 11.6 Å². The van der Waals surface area contributed by atoms with Gasteiger partial charge in [0.1, 0.15) is 6.04 Å². The van der Waals surface area contributed by atoms with Gasteiger partial charge in [-0.3, -0.25) is 14.5 Å². The Kier molecular flexibility index (Phi) is 5.12. The molecular formula is C18H18N4O4. The van der Waals surface area contributed by atoms with E-state index >= 15 is 0 Å². The number of hydrogen-bond donors (Lipinski definition) is 2. The SMILES string of the molecule is COc1ccc(NC(=O)CC2NC(=O)N(Cc3ccccc3)C2=O)cn1. The van der Waals surface area contributed by atoms with E-state index in [9.17, 15) is 14.4 Å². The van der Waals surface area contributed by atoms with Crippen LogP contribution in [0.25, 0.3) is 0 Å². The lowest BCUT2D eigenvalue weighted by Crippen LogP contribution is -2.34. The summed E-state index contributed by atoms with van der Waals surface area (Å²) in [6.45, 7) is 0.173. The Morgan fingerprint density at radius 1 is 1.23 bits per heavy atom. The molecule has 3 rings (SSSR count). The van der Waals surface area contributed by atoms with Crippen molar-refractivity contribution in [3.8, 4) is 5.88 Å². The van der Waals surface area contributed by atoms with Crippen molar-refractivity contribution in [2.24, 2.45) is 0 Å². The Morgan fingerprint density at radius 2 is 2.00 bits per heavy atom. The normalized spacial score (nSPS) is 16.3. The third-order valence-corrected chi connectivity index (χ3v) is 3.91. The molecule has 8 nitrogen and oxygen atoms in total. The van der Waals surface area contributed by atoms with Crippen LogP contribution in [0.1, 0.15) is 12.0 Å². The molecule has 1 atom stereocenters. The number of benzene rings is 1. The van der Waals surface area contributed by atoms with Crippen molar-refractivity contribution in [2.75, 3.05) is 12.4 Å². The Labute approximate surface area is 150 Å². The molecule has 0 aliphatic carbocycles. The quantitative estimate of drug-likeness (QED) is 0.767. The maximum absolute atomic E-state index is 12.4. The second kappa shape index (κ2) is 7.64. The van der Waals surface area contributed by atoms with Gasteiger partial charge in [-0.1, -0.05) is 30.3 Å². The van der Waals surface area contributed by atoms with Gasteiger partial charge in [0.05, 0.1) is 32.0 Å². The number of nitrogens with one attached hydrogen (secondary N) is 2. The Balaban J connectivity index is 1.58. The van der Waals surface area contributed by atoms with E-state index in [2.05, 4.69) is 15.6 Å². The molecule has 1 fully saturated rings. The fraction of sp³-hybridized carbons (Fsp3) is 0.222. The molecule has 1 unspecified atom stereocenters. The zero-order chi connectivity index (χ0) is 18.5. The molecule has 1 aliphatic heterocycles. The van der Waals surface area contributed by atoms with Gasteiger partial charge >= 0.3 is 6.03 Å². The second-order valence-corrected chi connectivity index (χ2v) is 5.75. The summed E-state index contributed by atoms with van der Waals surface area (Å²) in [7, 11) is 1.50. The van der Waals surface area contributed by atoms with Gasteiger partial charge in [0.2, 0.25) is 11.8 Å². The standard InChI is InChI=1S/C18H18N4O4/c1-26-16-8-7-13(10-19-16)20-15(23)9-14-17(24)22(18(25)21-14)11-12-5-3-2-4-6-12/h2-8,10,14H,9,11H2,1H3,(H,20,23)(H,21,25). The number of urea groups is 1. The van der Waals surface area contributed by atoms with Gasteiger partial charge in [-0.25, -0.2) is 9.78 Å². The highest BCUT2D eigenvalue weighted by Crippen LogP contribution is 2.16. The lowest BCUT2D eigenvalue weighted by atomic mass is 10.1. The molecule has 0 bridgehead atoms. The number of aromatic nitrogens is 1. The van der Waals surface area contributed by atoms with Gasteiger partial charge in [0.25, 0.3) is 5.91 Å². The van der Waals surface area contributed by atoms with E-state index in [1.54, 1.807) is 12.1 Å². The molecule has 2 aromatic rings. The number of pyridine rings is 1. The maximum Gasteiger partial charge on any atom is 0.325 e. The monoisotopic (exact) mass is 354 g/mol. The van der Waals surface area contributed by atoms with Gasteiger partial charge in [-0.05, 0) is 11.6 Å². The molecule has 1 aromatic heterocycles. The fourth-order valence-electron chi connectivity index (χ4n) is 2.60. The number of carbonyl (C=O) groups is 3. The highest BCUT2D eigenvalue weighted by molar-refractivity contribution is 6.06. The van der Waals surface area contributed by atoms with Crippen LogP contribution < -0.4 is 15.4 Å². The average Bonchev–Trinajstić information content (AvgIpc) is 2.90. The summed E-state index contributed by atoms with van der Waals surface area (Å²) in [5.41, 5.74) is 1.32. The zero-order valence-corrected chi connectivity index (χ0v) is 14.1. The lowest BCUT2D eigenvalue weighted by Gasteiger charge is -2.13. The molecule has 134 valence electrons. The molecule has 4 amide bonds. The van der Waals surface area contributed by atoms with E-state index in [-0.39, 0.29) is 13.0 Å². The lowest BCUT2D eigenvalue weighted by molar-refractivity contribution is -0.130. The molecule has 2 N–H and O–H groups in total. The van der Waals surface area contributed by atoms with Crippen molar-refractivity contribution in [3.05, 3.63) is 54.2 Å². The number of anilines is 1. The molecule has 0 radical (unpaired) electrons. The Morgan fingerprint density at radius 3 is 2.65 bits per heavy atom. The van der Waals surface area contributed by atoms with Crippen molar-refractivity contribution in [3.63, 3.8) is 0 Å². The molecular weight excluding hydrogens is 336 g/mol. The van der Waals surface area contributed by atoms with Crippen molar-refractivity contribution in [1.82, 2.24) is 15.2 Å². The van der Waals surface area contributed by atoms with E-state index < -0.39 is 23.9 Å². The Bertz CT molecular complexity index is 808. The van der Waals surface area contributed by atoms with Crippen LogP contribution in [-0.2, 0) is 16.1 Å². The van der Waals surface area contributed by atoms with Gasteiger partial charge in [-0.2, -0.15) is 0 Å². The minimum atomic E-state index is -0.877. The number of ether oxygens (including phenoxy) is 1. The third kappa shape index (κ3) is 3.97. The molecule has 0 spiro atoms. The van der Waals surface area contributed by atoms with Crippen LogP contribution in [0, 0.1) is 0 Å². The summed E-state index contributed by atoms with van der Waals surface area (Å²) >= 11 is 0. The van der Waals surface area contributed by atoms with E-state index in [0.717, 1.165) is 10.5 Å². The molecule has 1 aromatic carbocycles. The van der Waals surface area contributed by atoms with Crippen LogP contribution in [0.15, 0.2) is 48.7 Å². The van der Waals surface area contributed by atoms with Crippen molar-refractivity contribution < 1.29 is 19.1 Å². The summed E-state index contributed by atoms with van der Waals surface area (Å²) in [4.78, 5) is 41.7. The van der Waals surface area contributed by atoms with Crippen molar-refractivity contribution >= 4 is 23.5 Å². The number of rotatable bonds is 6. The van der Waals surface area contributed by atoms with Crippen LogP contribution in [0.4, 0.5) is 10.5 Å². The maximum atomic E-state index is 12.4. The summed E-state index contributed by atoms with van der Waals surface area (Å²) in [5.74, 6) is -0.378. The first-order valence-electron chi connectivity index (χ1n) is 8.02. The van der Waals surface area contributed by atoms with Gasteiger partial charge in [0, 0.05) is 6.07 Å². The van der Waals surface area contributed by atoms with Gasteiger partial charge < -0.3 is 15.4 Å². The van der Waals surface area contributed by atoms with E-state index in [1.807, 2.05) is 30.3 Å². The number of methoxy groups -OCH3 is 1. The summed E-state index contributed by atoms with van der Waals surface area (Å²) in [6, 6.07) is 11.1. The molecule has 1 saturated heterocycles. The Hall–Kier alpha value is -3.42. The predicted octanol–water partition coefficient (Wildman–Crippen LogP) is 1.54. The van der Waals surface area contributed by atoms with Crippen LogP contribution >= 0.6 is 0 Å². The number of nitrogens with zero attached hydrogens (tertiary/aromatic N) is 2. The molecule has 1 aliphatic rings. The van der Waals surface area contributed by atoms with Gasteiger partial charge in [-0.15, -0.1) is 0 Å². The summed E-state index contributed by atoms with van der Waals surface area (Å²) in [6.07, 6.45) is 1.30. The highest BCUT2D eigenvalue weighted by Gasteiger charge is 2.38. The van der Waals surface area contributed by atoms with Crippen LogP contribution in [-0.4, -0.2) is 40.9 Å². The minimum Gasteiger partial charge on any atom is -0.481 e. The number of carbonyl (C=O) groups excluding carboxylic acids is 3. The first-order chi connectivity index (χ1) is 12.6. The average molecular weight is 354 g/mol. The largest absolute Gasteiger partial charge is 0.481 e. The topological polar surface area (TPSA) is 101 Å². The second-order valence-electron chi connectivity index (χ2n) is 5.75. The number of hydrogen-bond acceptors (Lipinski definition) is 5. The third-order valence-electron chi connectivity index (χ3n) is 3.91. The molecule has 0 saturated carbocycles. The molecule has 26 heavy (non-hydrogen) atoms. The van der Waals surface area contributed by atoms with E-state index in [1.165, 1.54) is 13.3 Å². The van der Waals surface area contributed by atoms with E-state index in [4.69, 9.17) is 4.74 Å². The smallest absolute Gasteiger partial charge is 0.325 e. The minimum absolute atomic E-state index is 0.151. The first kappa shape index (κ1) is 17.4. The molecule has 8 heteroatoms. The first-order valence-corrected chi connectivity index (χ1v) is 8.02. The number of imide groups is 1. The number of amides is 4. The van der Waals surface area contributed by atoms with Crippen molar-refractivity contribution in [1.29, 1.82) is 0 Å². The molecule has 2 heterocycles. The highest BCUT2D eigenvalue weighted by atomic mass is 16.5. The summed E-state index contributed by atoms with van der Waals surface area (Å²) in [5, 5.41) is 5.19. The van der Waals surface area contributed by atoms with Crippen LogP contribution in [0.2, 0.25) is 0 Å². The summed E-state index contributed by atoms with van der Waals surface area (Å²) < 4.78 is 4.95. The predicted molar refractivity (Wildman–Crippen MR) is 93.3 cm³/mol. The van der Waals surface area contributed by atoms with Crippen LogP contribution in [0.3, 0.4) is 0 Å². The fourth-order valence-corrected chi connectivity index (χ4v) is 2.60. The van der Waals surface area contributed by atoms with Gasteiger partial charge in [0.15, 0.2) is 0 Å². The van der Waals surface area contributed by atoms with Crippen LogP contribution in [0.5, 0.6) is 5.88 Å². The van der Waals surface area contributed by atoms with Crippen molar-refractivity contribution in [2.45, 2.75) is 19.0 Å². The zero-order valence-electron chi connectivity index (χ0n) is 14.1.